The minimum absolute atomic E-state index is 0.183. The van der Waals surface area contributed by atoms with E-state index in [-0.39, 0.29) is 12.5 Å². The van der Waals surface area contributed by atoms with E-state index >= 15 is 0 Å². The molecule has 0 radical (unpaired) electrons. The van der Waals surface area contributed by atoms with Crippen molar-refractivity contribution in [1.29, 1.82) is 0 Å². The predicted molar refractivity (Wildman–Crippen MR) is 53.5 cm³/mol. The molecule has 0 aliphatic rings. The molecule has 0 saturated carbocycles. The highest BCUT2D eigenvalue weighted by Gasteiger charge is 2.16. The smallest absolute Gasteiger partial charge is 0.272 e. The summed E-state index contributed by atoms with van der Waals surface area (Å²) in [4.78, 5) is 11.5. The summed E-state index contributed by atoms with van der Waals surface area (Å²) in [7, 11) is 1.66. The van der Waals surface area contributed by atoms with Crippen LogP contribution in [-0.4, -0.2) is 22.2 Å². The number of carbonyl (C=O) groups is 1. The van der Waals surface area contributed by atoms with Gasteiger partial charge in [-0.2, -0.15) is 5.10 Å². The van der Waals surface area contributed by atoms with Crippen LogP contribution in [0.1, 0.15) is 16.2 Å². The quantitative estimate of drug-likeness (QED) is 0.630. The van der Waals surface area contributed by atoms with Crippen LogP contribution >= 0.6 is 0 Å². The Morgan fingerprint density at radius 3 is 2.86 bits per heavy atom. The van der Waals surface area contributed by atoms with Gasteiger partial charge in [0.2, 0.25) is 0 Å². The number of hydrogen-bond donors (Lipinski definition) is 2. The molecule has 5 heteroatoms. The molecule has 0 aromatic carbocycles. The number of nitrogens with two attached hydrogens (primary N) is 1. The van der Waals surface area contributed by atoms with Crippen LogP contribution in [0.15, 0.2) is 0 Å². The maximum atomic E-state index is 11.5. The third kappa shape index (κ3) is 1.69. The summed E-state index contributed by atoms with van der Waals surface area (Å²) in [5.74, 6) is 2.01. The Morgan fingerprint density at radius 2 is 2.43 bits per heavy atom. The van der Waals surface area contributed by atoms with Gasteiger partial charge >= 0.3 is 0 Å². The van der Waals surface area contributed by atoms with Gasteiger partial charge in [-0.3, -0.25) is 9.48 Å². The van der Waals surface area contributed by atoms with E-state index in [1.54, 1.807) is 14.0 Å². The largest absolute Gasteiger partial charge is 0.395 e. The topological polar surface area (TPSA) is 72.9 Å². The van der Waals surface area contributed by atoms with Crippen molar-refractivity contribution in [2.24, 2.45) is 7.05 Å². The minimum Gasteiger partial charge on any atom is -0.395 e. The number of nitrogens with one attached hydrogen (secondary N) is 1. The molecule has 14 heavy (non-hydrogen) atoms. The monoisotopic (exact) mass is 192 g/mol. The lowest BCUT2D eigenvalue weighted by molar-refractivity contribution is 0.0950. The second-order valence-corrected chi connectivity index (χ2v) is 2.86. The van der Waals surface area contributed by atoms with Crippen molar-refractivity contribution in [3.8, 4) is 12.3 Å². The van der Waals surface area contributed by atoms with Crippen LogP contribution in [0, 0.1) is 19.3 Å². The van der Waals surface area contributed by atoms with Crippen molar-refractivity contribution in [1.82, 2.24) is 15.1 Å². The Morgan fingerprint density at radius 1 is 1.79 bits per heavy atom. The molecular formula is C9H12N4O. The molecule has 0 saturated heterocycles. The first-order chi connectivity index (χ1) is 6.57. The van der Waals surface area contributed by atoms with Crippen molar-refractivity contribution >= 4 is 11.6 Å². The Hall–Kier alpha value is -1.96. The fraction of sp³-hybridized carbons (Fsp3) is 0.333. The number of carbonyl (C=O) groups excluding carboxylic acids is 1. The number of terminal acetylenes is 1. The first-order valence-corrected chi connectivity index (χ1v) is 4.08. The van der Waals surface area contributed by atoms with Gasteiger partial charge in [0.15, 0.2) is 0 Å². The normalized spacial score (nSPS) is 9.50. The predicted octanol–water partition coefficient (Wildman–Crippen LogP) is -0.326. The lowest BCUT2D eigenvalue weighted by Gasteiger charge is -2.02. The first kappa shape index (κ1) is 10.1. The molecule has 0 aliphatic heterocycles. The molecule has 1 amide bonds. The van der Waals surface area contributed by atoms with Crippen molar-refractivity contribution in [2.75, 3.05) is 12.3 Å². The Labute approximate surface area is 82.3 Å². The fourth-order valence-corrected chi connectivity index (χ4v) is 1.16. The molecule has 0 fully saturated rings. The van der Waals surface area contributed by atoms with Gasteiger partial charge in [0.1, 0.15) is 5.69 Å². The highest BCUT2D eigenvalue weighted by atomic mass is 16.2. The molecule has 0 unspecified atom stereocenters. The van der Waals surface area contributed by atoms with Crippen molar-refractivity contribution < 1.29 is 4.79 Å². The zero-order chi connectivity index (χ0) is 10.7. The third-order valence-electron chi connectivity index (χ3n) is 1.83. The van der Waals surface area contributed by atoms with Gasteiger partial charge < -0.3 is 11.1 Å². The van der Waals surface area contributed by atoms with E-state index in [0.29, 0.717) is 17.1 Å². The molecule has 1 aromatic rings. The number of anilines is 1. The molecular weight excluding hydrogens is 180 g/mol. The molecule has 0 atom stereocenters. The number of amides is 1. The Balaban J connectivity index is 2.96. The van der Waals surface area contributed by atoms with Crippen molar-refractivity contribution in [2.45, 2.75) is 6.92 Å². The van der Waals surface area contributed by atoms with Crippen LogP contribution in [-0.2, 0) is 7.05 Å². The van der Waals surface area contributed by atoms with Gasteiger partial charge in [-0.1, -0.05) is 5.92 Å². The first-order valence-electron chi connectivity index (χ1n) is 4.08. The zero-order valence-corrected chi connectivity index (χ0v) is 8.16. The third-order valence-corrected chi connectivity index (χ3v) is 1.83. The van der Waals surface area contributed by atoms with E-state index in [0.717, 1.165) is 0 Å². The summed E-state index contributed by atoms with van der Waals surface area (Å²) in [6.07, 6.45) is 5.02. The van der Waals surface area contributed by atoms with Gasteiger partial charge in [-0.15, -0.1) is 6.42 Å². The summed E-state index contributed by atoms with van der Waals surface area (Å²) in [5, 5.41) is 6.55. The molecule has 1 rings (SSSR count). The van der Waals surface area contributed by atoms with Crippen LogP contribution < -0.4 is 11.1 Å². The van der Waals surface area contributed by atoms with Gasteiger partial charge in [-0.25, -0.2) is 0 Å². The molecule has 0 aliphatic carbocycles. The average molecular weight is 192 g/mol. The van der Waals surface area contributed by atoms with E-state index in [4.69, 9.17) is 12.2 Å². The average Bonchev–Trinajstić information content (AvgIpc) is 2.38. The van der Waals surface area contributed by atoms with Crippen LogP contribution in [0.25, 0.3) is 0 Å². The van der Waals surface area contributed by atoms with Gasteiger partial charge in [0, 0.05) is 7.05 Å². The molecule has 74 valence electrons. The van der Waals surface area contributed by atoms with E-state index in [2.05, 4.69) is 16.3 Å². The van der Waals surface area contributed by atoms with E-state index in [1.807, 2.05) is 0 Å². The second-order valence-electron chi connectivity index (χ2n) is 2.86. The molecule has 0 bridgehead atoms. The number of rotatable bonds is 2. The van der Waals surface area contributed by atoms with Crippen LogP contribution in [0.4, 0.5) is 5.69 Å². The SMILES string of the molecule is C#CCNC(=O)c1c(N)c(C)nn1C. The van der Waals surface area contributed by atoms with Gasteiger partial charge in [0.25, 0.3) is 5.91 Å². The molecule has 5 nitrogen and oxygen atoms in total. The summed E-state index contributed by atoms with van der Waals surface area (Å²) < 4.78 is 1.44. The fourth-order valence-electron chi connectivity index (χ4n) is 1.16. The standard InChI is InChI=1S/C9H12N4O/c1-4-5-11-9(14)8-7(10)6(2)12-13(8)3/h1H,5,10H2,2-3H3,(H,11,14). The zero-order valence-electron chi connectivity index (χ0n) is 8.16. The molecule has 3 N–H and O–H groups in total. The van der Waals surface area contributed by atoms with Crippen molar-refractivity contribution in [3.63, 3.8) is 0 Å². The molecule has 0 spiro atoms. The van der Waals surface area contributed by atoms with Gasteiger partial charge in [0.05, 0.1) is 17.9 Å². The highest BCUT2D eigenvalue weighted by Crippen LogP contribution is 2.14. The highest BCUT2D eigenvalue weighted by molar-refractivity contribution is 5.98. The number of nitrogens with zero attached hydrogens (tertiary/aromatic N) is 2. The van der Waals surface area contributed by atoms with Crippen LogP contribution in [0.5, 0.6) is 0 Å². The maximum Gasteiger partial charge on any atom is 0.272 e. The minimum atomic E-state index is -0.302. The van der Waals surface area contributed by atoms with Crippen molar-refractivity contribution in [3.05, 3.63) is 11.4 Å². The summed E-state index contributed by atoms with van der Waals surface area (Å²) in [5.41, 5.74) is 7.05. The number of aryl methyl sites for hydroxylation is 2. The van der Waals surface area contributed by atoms with Crippen LogP contribution in [0.2, 0.25) is 0 Å². The molecule has 1 aromatic heterocycles. The lowest BCUT2D eigenvalue weighted by Crippen LogP contribution is -2.26. The maximum absolute atomic E-state index is 11.5. The van der Waals surface area contributed by atoms with E-state index in [9.17, 15) is 4.79 Å². The summed E-state index contributed by atoms with van der Waals surface area (Å²) in [6, 6.07) is 0. The summed E-state index contributed by atoms with van der Waals surface area (Å²) >= 11 is 0. The van der Waals surface area contributed by atoms with E-state index < -0.39 is 0 Å². The lowest BCUT2D eigenvalue weighted by atomic mass is 10.3. The van der Waals surface area contributed by atoms with Gasteiger partial charge in [-0.05, 0) is 6.92 Å². The van der Waals surface area contributed by atoms with E-state index in [1.165, 1.54) is 4.68 Å². The van der Waals surface area contributed by atoms with Crippen LogP contribution in [0.3, 0.4) is 0 Å². The second kappa shape index (κ2) is 3.83. The Kier molecular flexibility index (Phi) is 2.77. The number of nitrogen functional groups attached to an aromatic ring is 1. The molecule has 1 heterocycles. The Bertz CT molecular complexity index is 400. The number of aromatic nitrogens is 2. The summed E-state index contributed by atoms with van der Waals surface area (Å²) in [6.45, 7) is 1.93. The number of hydrogen-bond acceptors (Lipinski definition) is 3.